The van der Waals surface area contributed by atoms with Crippen LogP contribution in [0.25, 0.3) is 0 Å². The van der Waals surface area contributed by atoms with Crippen LogP contribution in [0.5, 0.6) is 0 Å². The Kier molecular flexibility index (Phi) is 5.08. The summed E-state index contributed by atoms with van der Waals surface area (Å²) in [7, 11) is 0. The number of benzene rings is 2. The van der Waals surface area contributed by atoms with E-state index in [1.807, 2.05) is 4.90 Å². The summed E-state index contributed by atoms with van der Waals surface area (Å²) in [4.78, 5) is 25.0. The Morgan fingerprint density at radius 3 is 2.50 bits per heavy atom. The average molecular weight is 363 g/mol. The molecule has 0 bridgehead atoms. The number of nitro benzene ring substituents is 1. The van der Waals surface area contributed by atoms with Crippen molar-refractivity contribution < 1.29 is 23.2 Å². The molecule has 0 aromatic heterocycles. The molecule has 9 heteroatoms. The van der Waals surface area contributed by atoms with Crippen molar-refractivity contribution in [1.29, 1.82) is 0 Å². The molecule has 2 aromatic rings. The highest BCUT2D eigenvalue weighted by molar-refractivity contribution is 6.05. The molecule has 0 spiro atoms. The van der Waals surface area contributed by atoms with Gasteiger partial charge in [-0.2, -0.15) is 0 Å². The summed E-state index contributed by atoms with van der Waals surface area (Å²) < 4.78 is 31.4. The van der Waals surface area contributed by atoms with Crippen LogP contribution in [0.2, 0.25) is 0 Å². The van der Waals surface area contributed by atoms with E-state index in [1.54, 1.807) is 0 Å². The van der Waals surface area contributed by atoms with Crippen LogP contribution in [0.15, 0.2) is 36.4 Å². The molecule has 1 heterocycles. The van der Waals surface area contributed by atoms with Gasteiger partial charge in [-0.1, -0.05) is 0 Å². The van der Waals surface area contributed by atoms with Crippen LogP contribution in [-0.4, -0.2) is 37.1 Å². The van der Waals surface area contributed by atoms with Gasteiger partial charge in [0.1, 0.15) is 5.69 Å². The number of anilines is 2. The van der Waals surface area contributed by atoms with Crippen molar-refractivity contribution in [1.82, 2.24) is 0 Å². The van der Waals surface area contributed by atoms with E-state index < -0.39 is 22.5 Å². The molecule has 0 radical (unpaired) electrons. The maximum Gasteiger partial charge on any atom is 0.293 e. The number of morpholine rings is 1. The smallest absolute Gasteiger partial charge is 0.293 e. The summed E-state index contributed by atoms with van der Waals surface area (Å²) >= 11 is 0. The summed E-state index contributed by atoms with van der Waals surface area (Å²) in [6.45, 7) is 1.97. The Bertz CT molecular complexity index is 854. The van der Waals surface area contributed by atoms with E-state index in [0.717, 1.165) is 12.1 Å². The van der Waals surface area contributed by atoms with Crippen LogP contribution < -0.4 is 10.2 Å². The largest absolute Gasteiger partial charge is 0.378 e. The molecule has 7 nitrogen and oxygen atoms in total. The number of nitrogens with one attached hydrogen (secondary N) is 1. The molecule has 0 unspecified atom stereocenters. The van der Waals surface area contributed by atoms with E-state index in [4.69, 9.17) is 4.74 Å². The molecule has 1 N–H and O–H groups in total. The van der Waals surface area contributed by atoms with Gasteiger partial charge >= 0.3 is 0 Å². The number of nitro groups is 1. The molecule has 0 atom stereocenters. The Balaban J connectivity index is 1.85. The van der Waals surface area contributed by atoms with Gasteiger partial charge in [-0.15, -0.1) is 0 Å². The first-order chi connectivity index (χ1) is 12.5. The maximum atomic E-state index is 13.2. The third-order valence-corrected chi connectivity index (χ3v) is 3.96. The Morgan fingerprint density at radius 2 is 1.85 bits per heavy atom. The van der Waals surface area contributed by atoms with Crippen LogP contribution >= 0.6 is 0 Å². The lowest BCUT2D eigenvalue weighted by Gasteiger charge is -2.28. The van der Waals surface area contributed by atoms with Gasteiger partial charge in [0.25, 0.3) is 11.6 Å². The quantitative estimate of drug-likeness (QED) is 0.667. The summed E-state index contributed by atoms with van der Waals surface area (Å²) in [6, 6.07) is 7.04. The number of nitrogens with zero attached hydrogens (tertiary/aromatic N) is 2. The van der Waals surface area contributed by atoms with Gasteiger partial charge in [-0.25, -0.2) is 8.78 Å². The summed E-state index contributed by atoms with van der Waals surface area (Å²) in [5.41, 5.74) is 0.291. The number of hydrogen-bond acceptors (Lipinski definition) is 5. The van der Waals surface area contributed by atoms with Gasteiger partial charge in [-0.05, 0) is 24.3 Å². The van der Waals surface area contributed by atoms with Crippen molar-refractivity contribution in [2.45, 2.75) is 0 Å². The second-order valence-electron chi connectivity index (χ2n) is 5.64. The zero-order valence-corrected chi connectivity index (χ0v) is 13.6. The standard InChI is InChI=1S/C17H15F2N3O4/c18-13-3-2-12(10-14(13)19)20-17(23)11-1-4-15(16(9-11)22(24)25)21-5-7-26-8-6-21/h1-4,9-10H,5-8H2,(H,20,23). The van der Waals surface area contributed by atoms with Crippen LogP contribution in [0.3, 0.4) is 0 Å². The summed E-state index contributed by atoms with van der Waals surface area (Å²) in [5.74, 6) is -2.79. The Labute approximate surface area is 147 Å². The van der Waals surface area contributed by atoms with Gasteiger partial charge in [0, 0.05) is 36.5 Å². The molecule has 1 aliphatic rings. The lowest BCUT2D eigenvalue weighted by molar-refractivity contribution is -0.384. The zero-order chi connectivity index (χ0) is 18.7. The van der Waals surface area contributed by atoms with Crippen molar-refractivity contribution in [3.05, 3.63) is 63.7 Å². The molecular weight excluding hydrogens is 348 g/mol. The first-order valence-electron chi connectivity index (χ1n) is 7.83. The molecule has 2 aromatic carbocycles. The highest BCUT2D eigenvalue weighted by Crippen LogP contribution is 2.30. The van der Waals surface area contributed by atoms with Crippen molar-refractivity contribution in [3.63, 3.8) is 0 Å². The fourth-order valence-corrected chi connectivity index (χ4v) is 2.66. The second kappa shape index (κ2) is 7.44. The third kappa shape index (κ3) is 3.77. The fourth-order valence-electron chi connectivity index (χ4n) is 2.66. The van der Waals surface area contributed by atoms with Crippen molar-refractivity contribution in [2.75, 3.05) is 36.5 Å². The first-order valence-corrected chi connectivity index (χ1v) is 7.83. The summed E-state index contributed by atoms with van der Waals surface area (Å²) in [6.07, 6.45) is 0. The molecular formula is C17H15F2N3O4. The highest BCUT2D eigenvalue weighted by atomic mass is 19.2. The molecule has 1 saturated heterocycles. The van der Waals surface area contributed by atoms with Crippen molar-refractivity contribution in [2.24, 2.45) is 0 Å². The second-order valence-corrected chi connectivity index (χ2v) is 5.64. The molecule has 1 amide bonds. The molecule has 0 saturated carbocycles. The fraction of sp³-hybridized carbons (Fsp3) is 0.235. The SMILES string of the molecule is O=C(Nc1ccc(F)c(F)c1)c1ccc(N2CCOCC2)c([N+](=O)[O-])c1. The minimum absolute atomic E-state index is 0.0402. The molecule has 26 heavy (non-hydrogen) atoms. The number of hydrogen-bond donors (Lipinski definition) is 1. The number of carbonyl (C=O) groups is 1. The number of halogens is 2. The van der Waals surface area contributed by atoms with Gasteiger partial charge in [-0.3, -0.25) is 14.9 Å². The lowest BCUT2D eigenvalue weighted by Crippen LogP contribution is -2.36. The molecule has 136 valence electrons. The van der Waals surface area contributed by atoms with Crippen LogP contribution in [0.1, 0.15) is 10.4 Å². The van der Waals surface area contributed by atoms with Gasteiger partial charge in [0.15, 0.2) is 11.6 Å². The maximum absolute atomic E-state index is 13.2. The van der Waals surface area contributed by atoms with Crippen molar-refractivity contribution >= 4 is 23.0 Å². The minimum atomic E-state index is -1.10. The van der Waals surface area contributed by atoms with E-state index in [1.165, 1.54) is 24.3 Å². The van der Waals surface area contributed by atoms with E-state index >= 15 is 0 Å². The topological polar surface area (TPSA) is 84.7 Å². The van der Waals surface area contributed by atoms with Gasteiger partial charge in [0.05, 0.1) is 18.1 Å². The molecule has 1 fully saturated rings. The number of ether oxygens (including phenoxy) is 1. The number of rotatable bonds is 4. The van der Waals surface area contributed by atoms with Crippen LogP contribution in [-0.2, 0) is 4.74 Å². The summed E-state index contributed by atoms with van der Waals surface area (Å²) in [5, 5.41) is 13.8. The predicted octanol–water partition coefficient (Wildman–Crippen LogP) is 2.96. The van der Waals surface area contributed by atoms with E-state index in [9.17, 15) is 23.7 Å². The normalized spacial score (nSPS) is 14.2. The zero-order valence-electron chi connectivity index (χ0n) is 13.6. The Hall–Kier alpha value is -3.07. The Morgan fingerprint density at radius 1 is 1.12 bits per heavy atom. The first kappa shape index (κ1) is 17.7. The molecule has 1 aliphatic heterocycles. The van der Waals surface area contributed by atoms with E-state index in [0.29, 0.717) is 32.0 Å². The third-order valence-electron chi connectivity index (χ3n) is 3.96. The predicted molar refractivity (Wildman–Crippen MR) is 90.4 cm³/mol. The highest BCUT2D eigenvalue weighted by Gasteiger charge is 2.23. The van der Waals surface area contributed by atoms with Gasteiger partial charge < -0.3 is 15.0 Å². The van der Waals surface area contributed by atoms with E-state index in [2.05, 4.69) is 5.32 Å². The van der Waals surface area contributed by atoms with Crippen molar-refractivity contribution in [3.8, 4) is 0 Å². The van der Waals surface area contributed by atoms with Crippen LogP contribution in [0, 0.1) is 21.7 Å². The minimum Gasteiger partial charge on any atom is -0.378 e. The average Bonchev–Trinajstić information content (AvgIpc) is 2.65. The monoisotopic (exact) mass is 363 g/mol. The number of carbonyl (C=O) groups excluding carboxylic acids is 1. The molecule has 0 aliphatic carbocycles. The van der Waals surface area contributed by atoms with Crippen LogP contribution in [0.4, 0.5) is 25.8 Å². The van der Waals surface area contributed by atoms with E-state index in [-0.39, 0.29) is 16.9 Å². The van der Waals surface area contributed by atoms with Gasteiger partial charge in [0.2, 0.25) is 0 Å². The molecule has 3 rings (SSSR count). The number of amides is 1. The lowest BCUT2D eigenvalue weighted by atomic mass is 10.1.